The van der Waals surface area contributed by atoms with Crippen LogP contribution in [0.1, 0.15) is 24.8 Å². The van der Waals surface area contributed by atoms with Crippen molar-refractivity contribution < 1.29 is 0 Å². The highest BCUT2D eigenvalue weighted by Gasteiger charge is 2.10. The Hall–Kier alpha value is -0.720. The highest BCUT2D eigenvalue weighted by Crippen LogP contribution is 2.16. The molecule has 6 heteroatoms. The lowest BCUT2D eigenvalue weighted by Crippen LogP contribution is -2.33. The standard InChI is InChI=1S/C12H17BrN4S/c1-9(12-14-3-4-18-12)5-15-10(2)7-17-8-11(13)6-16-17/h3-4,6,8-10,15H,5,7H2,1-2H3. The number of hydrogen-bond acceptors (Lipinski definition) is 4. The Bertz CT molecular complexity index is 468. The van der Waals surface area contributed by atoms with E-state index in [2.05, 4.69) is 45.2 Å². The van der Waals surface area contributed by atoms with Crippen LogP contribution in [0.5, 0.6) is 0 Å². The molecule has 2 atom stereocenters. The summed E-state index contributed by atoms with van der Waals surface area (Å²) in [6.07, 6.45) is 5.66. The molecule has 0 aliphatic heterocycles. The van der Waals surface area contributed by atoms with Gasteiger partial charge in [-0.15, -0.1) is 11.3 Å². The van der Waals surface area contributed by atoms with Crippen molar-refractivity contribution in [3.8, 4) is 0 Å². The molecule has 0 bridgehead atoms. The number of hydrogen-bond donors (Lipinski definition) is 1. The molecular weight excluding hydrogens is 312 g/mol. The van der Waals surface area contributed by atoms with Crippen molar-refractivity contribution >= 4 is 27.3 Å². The molecule has 0 saturated heterocycles. The lowest BCUT2D eigenvalue weighted by molar-refractivity contribution is 0.440. The predicted molar refractivity (Wildman–Crippen MR) is 77.9 cm³/mol. The van der Waals surface area contributed by atoms with Gasteiger partial charge in [-0.3, -0.25) is 4.68 Å². The van der Waals surface area contributed by atoms with E-state index < -0.39 is 0 Å². The minimum Gasteiger partial charge on any atom is -0.312 e. The number of thiazole rings is 1. The Morgan fingerprint density at radius 1 is 1.50 bits per heavy atom. The topological polar surface area (TPSA) is 42.7 Å². The normalized spacial score (nSPS) is 14.6. The maximum atomic E-state index is 4.34. The van der Waals surface area contributed by atoms with Gasteiger partial charge in [0.15, 0.2) is 0 Å². The van der Waals surface area contributed by atoms with Crippen molar-refractivity contribution in [1.82, 2.24) is 20.1 Å². The molecule has 4 nitrogen and oxygen atoms in total. The van der Waals surface area contributed by atoms with E-state index in [4.69, 9.17) is 0 Å². The van der Waals surface area contributed by atoms with Crippen molar-refractivity contribution in [3.05, 3.63) is 33.5 Å². The van der Waals surface area contributed by atoms with E-state index in [-0.39, 0.29) is 0 Å². The molecule has 0 saturated carbocycles. The first kappa shape index (κ1) is 13.7. The summed E-state index contributed by atoms with van der Waals surface area (Å²) in [6, 6.07) is 0.388. The third-order valence-corrected chi connectivity index (χ3v) is 4.12. The monoisotopic (exact) mass is 328 g/mol. The summed E-state index contributed by atoms with van der Waals surface area (Å²) in [6.45, 7) is 6.18. The lowest BCUT2D eigenvalue weighted by Gasteiger charge is -2.16. The fourth-order valence-corrected chi connectivity index (χ4v) is 2.75. The van der Waals surface area contributed by atoms with Crippen molar-refractivity contribution in [3.63, 3.8) is 0 Å². The van der Waals surface area contributed by atoms with Gasteiger partial charge in [-0.05, 0) is 22.9 Å². The average molecular weight is 329 g/mol. The van der Waals surface area contributed by atoms with Crippen LogP contribution in [0.3, 0.4) is 0 Å². The number of halogens is 1. The summed E-state index contributed by atoms with van der Waals surface area (Å²) >= 11 is 5.11. The van der Waals surface area contributed by atoms with E-state index in [1.54, 1.807) is 11.3 Å². The van der Waals surface area contributed by atoms with E-state index in [9.17, 15) is 0 Å². The fraction of sp³-hybridized carbons (Fsp3) is 0.500. The van der Waals surface area contributed by atoms with E-state index in [0.29, 0.717) is 12.0 Å². The third-order valence-electron chi connectivity index (χ3n) is 2.71. The van der Waals surface area contributed by atoms with E-state index in [0.717, 1.165) is 17.6 Å². The fourth-order valence-electron chi connectivity index (χ4n) is 1.73. The first-order chi connectivity index (χ1) is 8.65. The molecule has 0 aromatic carbocycles. The van der Waals surface area contributed by atoms with Crippen LogP contribution in [0.15, 0.2) is 28.4 Å². The van der Waals surface area contributed by atoms with Crippen molar-refractivity contribution in [1.29, 1.82) is 0 Å². The van der Waals surface area contributed by atoms with Crippen LogP contribution in [0, 0.1) is 0 Å². The SMILES string of the molecule is CC(Cn1cc(Br)cn1)NCC(C)c1nccs1. The zero-order valence-corrected chi connectivity index (χ0v) is 12.9. The summed E-state index contributed by atoms with van der Waals surface area (Å²) in [7, 11) is 0. The molecule has 2 unspecified atom stereocenters. The van der Waals surface area contributed by atoms with Crippen molar-refractivity contribution in [2.75, 3.05) is 6.54 Å². The molecule has 2 aromatic rings. The Morgan fingerprint density at radius 2 is 2.33 bits per heavy atom. The number of nitrogens with one attached hydrogen (secondary N) is 1. The van der Waals surface area contributed by atoms with Gasteiger partial charge in [0.2, 0.25) is 0 Å². The molecule has 0 fully saturated rings. The van der Waals surface area contributed by atoms with Gasteiger partial charge in [-0.25, -0.2) is 4.98 Å². The Labute approximate surface area is 120 Å². The quantitative estimate of drug-likeness (QED) is 0.886. The van der Waals surface area contributed by atoms with Gasteiger partial charge in [0.05, 0.1) is 22.2 Å². The Kier molecular flexibility index (Phi) is 4.91. The second-order valence-corrected chi connectivity index (χ2v) is 6.30. The maximum Gasteiger partial charge on any atom is 0.0965 e. The summed E-state index contributed by atoms with van der Waals surface area (Å²) in [5.74, 6) is 0.455. The van der Waals surface area contributed by atoms with Crippen molar-refractivity contribution in [2.45, 2.75) is 32.4 Å². The van der Waals surface area contributed by atoms with Gasteiger partial charge in [-0.1, -0.05) is 6.92 Å². The molecule has 0 aliphatic carbocycles. The molecule has 18 heavy (non-hydrogen) atoms. The first-order valence-electron chi connectivity index (χ1n) is 5.96. The highest BCUT2D eigenvalue weighted by atomic mass is 79.9. The van der Waals surface area contributed by atoms with Crippen LogP contribution in [-0.2, 0) is 6.54 Å². The van der Waals surface area contributed by atoms with Gasteiger partial charge < -0.3 is 5.32 Å². The summed E-state index contributed by atoms with van der Waals surface area (Å²) in [4.78, 5) is 4.34. The largest absolute Gasteiger partial charge is 0.312 e. The van der Waals surface area contributed by atoms with Gasteiger partial charge in [0, 0.05) is 36.3 Å². The van der Waals surface area contributed by atoms with Crippen LogP contribution >= 0.6 is 27.3 Å². The van der Waals surface area contributed by atoms with E-state index in [1.807, 2.05) is 28.7 Å². The minimum absolute atomic E-state index is 0.388. The number of nitrogens with zero attached hydrogens (tertiary/aromatic N) is 3. The van der Waals surface area contributed by atoms with Crippen LogP contribution < -0.4 is 5.32 Å². The molecule has 2 rings (SSSR count). The summed E-state index contributed by atoms with van der Waals surface area (Å²) in [5, 5.41) is 11.0. The Morgan fingerprint density at radius 3 is 2.94 bits per heavy atom. The zero-order valence-electron chi connectivity index (χ0n) is 10.5. The maximum absolute atomic E-state index is 4.34. The van der Waals surface area contributed by atoms with Crippen LogP contribution in [0.25, 0.3) is 0 Å². The molecule has 0 aliphatic rings. The highest BCUT2D eigenvalue weighted by molar-refractivity contribution is 9.10. The van der Waals surface area contributed by atoms with Gasteiger partial charge >= 0.3 is 0 Å². The van der Waals surface area contributed by atoms with E-state index >= 15 is 0 Å². The number of aromatic nitrogens is 3. The molecular formula is C12H17BrN4S. The number of rotatable bonds is 6. The van der Waals surface area contributed by atoms with Gasteiger partial charge in [-0.2, -0.15) is 5.10 Å². The second-order valence-electron chi connectivity index (χ2n) is 4.46. The molecule has 2 aromatic heterocycles. The minimum atomic E-state index is 0.388. The first-order valence-corrected chi connectivity index (χ1v) is 7.63. The Balaban J connectivity index is 1.76. The molecule has 98 valence electrons. The molecule has 2 heterocycles. The molecule has 1 N–H and O–H groups in total. The van der Waals surface area contributed by atoms with Gasteiger partial charge in [0.1, 0.15) is 0 Å². The predicted octanol–water partition coefficient (Wildman–Crippen LogP) is 2.88. The molecule has 0 amide bonds. The van der Waals surface area contributed by atoms with Crippen LogP contribution in [0.4, 0.5) is 0 Å². The van der Waals surface area contributed by atoms with Crippen molar-refractivity contribution in [2.24, 2.45) is 0 Å². The lowest BCUT2D eigenvalue weighted by atomic mass is 10.2. The third kappa shape index (κ3) is 3.90. The second kappa shape index (κ2) is 6.45. The summed E-state index contributed by atoms with van der Waals surface area (Å²) < 4.78 is 2.96. The summed E-state index contributed by atoms with van der Waals surface area (Å²) in [5.41, 5.74) is 0. The van der Waals surface area contributed by atoms with Crippen LogP contribution in [0.2, 0.25) is 0 Å². The smallest absolute Gasteiger partial charge is 0.0965 e. The van der Waals surface area contributed by atoms with E-state index in [1.165, 1.54) is 5.01 Å². The molecule has 0 radical (unpaired) electrons. The molecule has 0 spiro atoms. The average Bonchev–Trinajstić information content (AvgIpc) is 2.97. The van der Waals surface area contributed by atoms with Gasteiger partial charge in [0.25, 0.3) is 0 Å². The zero-order chi connectivity index (χ0) is 13.0. The van der Waals surface area contributed by atoms with Crippen LogP contribution in [-0.4, -0.2) is 27.4 Å².